The molecule has 1 rings (SSSR count). The van der Waals surface area contributed by atoms with Gasteiger partial charge in [-0.3, -0.25) is 4.79 Å². The van der Waals surface area contributed by atoms with Gasteiger partial charge in [-0.1, -0.05) is 33.1 Å². The highest BCUT2D eigenvalue weighted by Gasteiger charge is 2.23. The lowest BCUT2D eigenvalue weighted by Gasteiger charge is -2.19. The molecule has 1 unspecified atom stereocenters. The van der Waals surface area contributed by atoms with E-state index in [2.05, 4.69) is 6.92 Å². The smallest absolute Gasteiger partial charge is 0.309 e. The molecule has 0 heterocycles. The summed E-state index contributed by atoms with van der Waals surface area (Å²) in [6.07, 6.45) is 5.58. The van der Waals surface area contributed by atoms with Crippen LogP contribution in [0.2, 0.25) is 0 Å². The molecule has 5 heteroatoms. The first kappa shape index (κ1) is 21.1. The van der Waals surface area contributed by atoms with Gasteiger partial charge < -0.3 is 18.9 Å². The normalized spacial score (nSPS) is 11.7. The van der Waals surface area contributed by atoms with Crippen LogP contribution in [-0.2, 0) is 16.0 Å². The minimum atomic E-state index is -0.220. The molecule has 1 aromatic rings. The molecule has 5 nitrogen and oxygen atoms in total. The van der Waals surface area contributed by atoms with E-state index in [1.165, 1.54) is 12.8 Å². The van der Waals surface area contributed by atoms with Gasteiger partial charge in [0.05, 0.1) is 33.9 Å². The van der Waals surface area contributed by atoms with Crippen molar-refractivity contribution in [1.29, 1.82) is 0 Å². The second kappa shape index (κ2) is 11.6. The van der Waals surface area contributed by atoms with Crippen LogP contribution in [0.4, 0.5) is 0 Å². The van der Waals surface area contributed by atoms with Crippen LogP contribution in [0.25, 0.3) is 0 Å². The molecule has 0 aliphatic rings. The number of benzene rings is 1. The zero-order valence-corrected chi connectivity index (χ0v) is 16.2. The molecule has 0 saturated carbocycles. The maximum atomic E-state index is 12.4. The lowest BCUT2D eigenvalue weighted by molar-refractivity contribution is -0.148. The largest absolute Gasteiger partial charge is 0.496 e. The van der Waals surface area contributed by atoms with Crippen molar-refractivity contribution in [3.8, 4) is 17.2 Å². The number of hydrogen-bond donors (Lipinski definition) is 0. The van der Waals surface area contributed by atoms with Crippen LogP contribution in [0.15, 0.2) is 12.1 Å². The van der Waals surface area contributed by atoms with Gasteiger partial charge in [0, 0.05) is 17.7 Å². The Bertz CT molecular complexity index is 502. The van der Waals surface area contributed by atoms with Crippen molar-refractivity contribution in [3.05, 3.63) is 17.7 Å². The molecule has 0 amide bonds. The van der Waals surface area contributed by atoms with Gasteiger partial charge in [0.15, 0.2) is 0 Å². The van der Waals surface area contributed by atoms with Crippen molar-refractivity contribution in [3.63, 3.8) is 0 Å². The summed E-state index contributed by atoms with van der Waals surface area (Å²) in [5.74, 6) is 1.60. The van der Waals surface area contributed by atoms with Crippen molar-refractivity contribution < 1.29 is 23.7 Å². The van der Waals surface area contributed by atoms with E-state index in [0.717, 1.165) is 18.4 Å². The first-order chi connectivity index (χ1) is 12.1. The molecule has 1 atom stereocenters. The van der Waals surface area contributed by atoms with Gasteiger partial charge >= 0.3 is 5.97 Å². The summed E-state index contributed by atoms with van der Waals surface area (Å²) < 4.78 is 21.7. The third-order valence-electron chi connectivity index (χ3n) is 4.34. The topological polar surface area (TPSA) is 54.0 Å². The number of ether oxygens (including phenoxy) is 4. The Balaban J connectivity index is 2.81. The molecule has 1 aromatic carbocycles. The van der Waals surface area contributed by atoms with Crippen molar-refractivity contribution in [2.75, 3.05) is 27.9 Å². The van der Waals surface area contributed by atoms with Crippen LogP contribution >= 0.6 is 0 Å². The van der Waals surface area contributed by atoms with Crippen molar-refractivity contribution in [1.82, 2.24) is 0 Å². The van der Waals surface area contributed by atoms with Gasteiger partial charge in [-0.2, -0.15) is 0 Å². The van der Waals surface area contributed by atoms with Crippen LogP contribution in [0.5, 0.6) is 17.2 Å². The molecule has 0 bridgehead atoms. The Hall–Kier alpha value is -1.91. The molecule has 142 valence electrons. The van der Waals surface area contributed by atoms with Crippen LogP contribution in [0.3, 0.4) is 0 Å². The summed E-state index contributed by atoms with van der Waals surface area (Å²) in [5, 5.41) is 0. The Kier molecular flexibility index (Phi) is 9.81. The lowest BCUT2D eigenvalue weighted by Crippen LogP contribution is -2.20. The van der Waals surface area contributed by atoms with Crippen molar-refractivity contribution >= 4 is 5.97 Å². The van der Waals surface area contributed by atoms with Gasteiger partial charge in [-0.25, -0.2) is 0 Å². The van der Waals surface area contributed by atoms with Crippen LogP contribution in [0.1, 0.15) is 51.5 Å². The molecule has 0 aliphatic carbocycles. The second-order valence-corrected chi connectivity index (χ2v) is 6.05. The molecule has 0 spiro atoms. The van der Waals surface area contributed by atoms with Crippen LogP contribution in [0, 0.1) is 5.92 Å². The fourth-order valence-corrected chi connectivity index (χ4v) is 2.74. The molecule has 0 aliphatic heterocycles. The van der Waals surface area contributed by atoms with E-state index in [0.29, 0.717) is 36.7 Å². The van der Waals surface area contributed by atoms with Crippen molar-refractivity contribution in [2.45, 2.75) is 52.4 Å². The first-order valence-electron chi connectivity index (χ1n) is 9.06. The minimum Gasteiger partial charge on any atom is -0.496 e. The van der Waals surface area contributed by atoms with Gasteiger partial charge in [-0.15, -0.1) is 0 Å². The zero-order valence-electron chi connectivity index (χ0n) is 16.2. The van der Waals surface area contributed by atoms with Gasteiger partial charge in [0.1, 0.15) is 17.2 Å². The Labute approximate surface area is 151 Å². The highest BCUT2D eigenvalue weighted by atomic mass is 16.5. The summed E-state index contributed by atoms with van der Waals surface area (Å²) in [6.45, 7) is 4.65. The van der Waals surface area contributed by atoms with E-state index in [-0.39, 0.29) is 11.9 Å². The lowest BCUT2D eigenvalue weighted by atomic mass is 9.95. The molecule has 0 fully saturated rings. The molecule has 25 heavy (non-hydrogen) atoms. The Morgan fingerprint density at radius 1 is 0.960 bits per heavy atom. The number of unbranched alkanes of at least 4 members (excludes halogenated alkanes) is 3. The summed E-state index contributed by atoms with van der Waals surface area (Å²) in [4.78, 5) is 12.4. The van der Waals surface area contributed by atoms with Gasteiger partial charge in [0.2, 0.25) is 0 Å². The Morgan fingerprint density at radius 3 is 2.08 bits per heavy atom. The predicted octanol–water partition coefficient (Wildman–Crippen LogP) is 4.40. The molecule has 0 saturated heterocycles. The fraction of sp³-hybridized carbons (Fsp3) is 0.650. The highest BCUT2D eigenvalue weighted by molar-refractivity contribution is 5.73. The summed E-state index contributed by atoms with van der Waals surface area (Å²) in [7, 11) is 4.80. The molecule has 0 aromatic heterocycles. The average Bonchev–Trinajstić information content (AvgIpc) is 2.65. The van der Waals surface area contributed by atoms with Crippen LogP contribution < -0.4 is 14.2 Å². The average molecular weight is 352 g/mol. The summed E-state index contributed by atoms with van der Waals surface area (Å²) in [6, 6.07) is 3.61. The van der Waals surface area contributed by atoms with E-state index in [1.54, 1.807) is 33.5 Å². The number of carbonyl (C=O) groups is 1. The summed E-state index contributed by atoms with van der Waals surface area (Å²) >= 11 is 0. The number of rotatable bonds is 12. The van der Waals surface area contributed by atoms with E-state index in [4.69, 9.17) is 18.9 Å². The van der Waals surface area contributed by atoms with E-state index in [1.807, 2.05) is 6.92 Å². The van der Waals surface area contributed by atoms with Gasteiger partial charge in [0.25, 0.3) is 0 Å². The third-order valence-corrected chi connectivity index (χ3v) is 4.34. The molecular formula is C20H32O5. The fourth-order valence-electron chi connectivity index (χ4n) is 2.74. The van der Waals surface area contributed by atoms with Gasteiger partial charge in [-0.05, 0) is 19.3 Å². The van der Waals surface area contributed by atoms with Crippen LogP contribution in [-0.4, -0.2) is 33.9 Å². The Morgan fingerprint density at radius 2 is 1.60 bits per heavy atom. The summed E-state index contributed by atoms with van der Waals surface area (Å²) in [5.41, 5.74) is 0.862. The molecular weight excluding hydrogens is 320 g/mol. The number of hydrogen-bond acceptors (Lipinski definition) is 5. The maximum Gasteiger partial charge on any atom is 0.309 e. The van der Waals surface area contributed by atoms with Crippen molar-refractivity contribution in [2.24, 2.45) is 5.92 Å². The van der Waals surface area contributed by atoms with E-state index < -0.39 is 0 Å². The maximum absolute atomic E-state index is 12.4. The quantitative estimate of drug-likeness (QED) is 0.412. The number of carbonyl (C=O) groups excluding carboxylic acids is 1. The minimum absolute atomic E-state index is 0.154. The number of esters is 1. The third kappa shape index (κ3) is 6.48. The first-order valence-corrected chi connectivity index (χ1v) is 9.06. The zero-order chi connectivity index (χ0) is 18.7. The monoisotopic (exact) mass is 352 g/mol. The second-order valence-electron chi connectivity index (χ2n) is 6.05. The van der Waals surface area contributed by atoms with E-state index in [9.17, 15) is 4.79 Å². The standard InChI is InChI=1S/C20H32O5/c1-6-8-9-10-11-25-20(21)15(7-2)12-17-18(23-4)13-16(22-3)14-19(17)24-5/h13-15H,6-12H2,1-5H3. The predicted molar refractivity (Wildman–Crippen MR) is 98.7 cm³/mol. The number of methoxy groups -OCH3 is 3. The highest BCUT2D eigenvalue weighted by Crippen LogP contribution is 2.36. The molecule has 0 radical (unpaired) electrons. The molecule has 0 N–H and O–H groups in total. The van der Waals surface area contributed by atoms with E-state index >= 15 is 0 Å². The SMILES string of the molecule is CCCCCCOC(=O)C(CC)Cc1c(OC)cc(OC)cc1OC.